The Labute approximate surface area is 122 Å². The SMILES string of the molecule is Cc1ccc(C(=O)c2ccccc2O)cc1/C=C/C(=O)O. The number of hydrogen-bond acceptors (Lipinski definition) is 3. The minimum atomic E-state index is -1.05. The van der Waals surface area contributed by atoms with Crippen molar-refractivity contribution in [1.82, 2.24) is 0 Å². The Balaban J connectivity index is 2.41. The van der Waals surface area contributed by atoms with E-state index in [-0.39, 0.29) is 17.1 Å². The Kier molecular flexibility index (Phi) is 4.18. The van der Waals surface area contributed by atoms with Crippen LogP contribution in [0.15, 0.2) is 48.5 Å². The van der Waals surface area contributed by atoms with Crippen LogP contribution in [0.5, 0.6) is 5.75 Å². The largest absolute Gasteiger partial charge is 0.507 e. The summed E-state index contributed by atoms with van der Waals surface area (Å²) in [5.74, 6) is -1.43. The molecule has 2 N–H and O–H groups in total. The summed E-state index contributed by atoms with van der Waals surface area (Å²) in [6, 6.07) is 11.3. The lowest BCUT2D eigenvalue weighted by Crippen LogP contribution is -2.02. The van der Waals surface area contributed by atoms with E-state index in [0.29, 0.717) is 11.1 Å². The fourth-order valence-corrected chi connectivity index (χ4v) is 1.94. The van der Waals surface area contributed by atoms with E-state index in [1.54, 1.807) is 36.4 Å². The van der Waals surface area contributed by atoms with Crippen molar-refractivity contribution in [1.29, 1.82) is 0 Å². The van der Waals surface area contributed by atoms with Crippen LogP contribution < -0.4 is 0 Å². The summed E-state index contributed by atoms with van der Waals surface area (Å²) in [5, 5.41) is 18.4. The van der Waals surface area contributed by atoms with Gasteiger partial charge in [0.15, 0.2) is 5.78 Å². The van der Waals surface area contributed by atoms with Crippen LogP contribution in [0.25, 0.3) is 6.08 Å². The molecular weight excluding hydrogens is 268 g/mol. The average molecular weight is 282 g/mol. The van der Waals surface area contributed by atoms with Crippen LogP contribution in [0.1, 0.15) is 27.0 Å². The Morgan fingerprint density at radius 2 is 1.81 bits per heavy atom. The second-order valence-corrected chi connectivity index (χ2v) is 4.59. The van der Waals surface area contributed by atoms with Crippen molar-refractivity contribution in [3.8, 4) is 5.75 Å². The maximum absolute atomic E-state index is 12.4. The number of hydrogen-bond donors (Lipinski definition) is 2. The highest BCUT2D eigenvalue weighted by molar-refractivity contribution is 6.11. The standard InChI is InChI=1S/C17H14O4/c1-11-6-7-13(10-12(11)8-9-16(19)20)17(21)14-4-2-3-5-15(14)18/h2-10,18H,1H3,(H,19,20)/b9-8+. The van der Waals surface area contributed by atoms with Gasteiger partial charge in [-0.3, -0.25) is 4.79 Å². The molecule has 0 bridgehead atoms. The third-order valence-electron chi connectivity index (χ3n) is 3.10. The number of aryl methyl sites for hydroxylation is 1. The normalized spacial score (nSPS) is 10.7. The third kappa shape index (κ3) is 3.36. The molecule has 0 heterocycles. The van der Waals surface area contributed by atoms with E-state index in [1.807, 2.05) is 6.92 Å². The molecule has 106 valence electrons. The first-order valence-corrected chi connectivity index (χ1v) is 6.33. The minimum absolute atomic E-state index is 0.0781. The van der Waals surface area contributed by atoms with Gasteiger partial charge in [0.1, 0.15) is 5.75 Å². The molecule has 0 spiro atoms. The number of aliphatic carboxylic acids is 1. The molecule has 21 heavy (non-hydrogen) atoms. The van der Waals surface area contributed by atoms with Crippen molar-refractivity contribution in [2.75, 3.05) is 0 Å². The third-order valence-corrected chi connectivity index (χ3v) is 3.10. The summed E-state index contributed by atoms with van der Waals surface area (Å²) in [5.41, 5.74) is 2.13. The Morgan fingerprint density at radius 3 is 2.48 bits per heavy atom. The van der Waals surface area contributed by atoms with Gasteiger partial charge in [0, 0.05) is 11.6 Å². The zero-order valence-electron chi connectivity index (χ0n) is 11.4. The van der Waals surface area contributed by atoms with Gasteiger partial charge in [-0.05, 0) is 42.3 Å². The van der Waals surface area contributed by atoms with E-state index in [0.717, 1.165) is 11.6 Å². The lowest BCUT2D eigenvalue weighted by atomic mass is 9.98. The first-order chi connectivity index (χ1) is 9.99. The Morgan fingerprint density at radius 1 is 1.10 bits per heavy atom. The fraction of sp³-hybridized carbons (Fsp3) is 0.0588. The molecule has 0 radical (unpaired) electrons. The van der Waals surface area contributed by atoms with E-state index >= 15 is 0 Å². The van der Waals surface area contributed by atoms with Gasteiger partial charge in [-0.25, -0.2) is 4.79 Å². The van der Waals surface area contributed by atoms with Crippen LogP contribution in [-0.4, -0.2) is 22.0 Å². The van der Waals surface area contributed by atoms with Gasteiger partial charge in [-0.2, -0.15) is 0 Å². The summed E-state index contributed by atoms with van der Waals surface area (Å²) in [6.45, 7) is 1.83. The number of carbonyl (C=O) groups is 2. The highest BCUT2D eigenvalue weighted by Crippen LogP contribution is 2.21. The van der Waals surface area contributed by atoms with E-state index in [1.165, 1.54) is 12.1 Å². The van der Waals surface area contributed by atoms with Gasteiger partial charge in [0.05, 0.1) is 5.56 Å². The van der Waals surface area contributed by atoms with Gasteiger partial charge < -0.3 is 10.2 Å². The minimum Gasteiger partial charge on any atom is -0.507 e. The molecule has 2 aromatic rings. The summed E-state index contributed by atoms with van der Waals surface area (Å²) in [4.78, 5) is 23.0. The number of rotatable bonds is 4. The van der Waals surface area contributed by atoms with Gasteiger partial charge in [-0.15, -0.1) is 0 Å². The second kappa shape index (κ2) is 6.05. The molecule has 0 fully saturated rings. The number of benzene rings is 2. The summed E-state index contributed by atoms with van der Waals surface area (Å²) in [7, 11) is 0. The molecule has 0 saturated heterocycles. The monoisotopic (exact) mass is 282 g/mol. The maximum Gasteiger partial charge on any atom is 0.328 e. The topological polar surface area (TPSA) is 74.6 Å². The van der Waals surface area contributed by atoms with Crippen molar-refractivity contribution in [2.45, 2.75) is 6.92 Å². The zero-order valence-corrected chi connectivity index (χ0v) is 11.4. The number of para-hydroxylation sites is 1. The molecule has 2 aromatic carbocycles. The van der Waals surface area contributed by atoms with Crippen LogP contribution in [0.4, 0.5) is 0 Å². The second-order valence-electron chi connectivity index (χ2n) is 4.59. The van der Waals surface area contributed by atoms with Crippen LogP contribution in [0, 0.1) is 6.92 Å². The summed E-state index contributed by atoms with van der Waals surface area (Å²) in [6.07, 6.45) is 2.47. The molecule has 0 aliphatic carbocycles. The van der Waals surface area contributed by atoms with Crippen LogP contribution in [-0.2, 0) is 4.79 Å². The molecule has 0 aliphatic heterocycles. The van der Waals surface area contributed by atoms with Crippen molar-refractivity contribution in [3.63, 3.8) is 0 Å². The first kappa shape index (κ1) is 14.5. The molecule has 4 heteroatoms. The quantitative estimate of drug-likeness (QED) is 0.667. The number of carbonyl (C=O) groups excluding carboxylic acids is 1. The number of ketones is 1. The van der Waals surface area contributed by atoms with E-state index in [9.17, 15) is 14.7 Å². The molecule has 0 saturated carbocycles. The smallest absolute Gasteiger partial charge is 0.328 e. The molecule has 2 rings (SSSR count). The molecule has 0 aliphatic rings. The molecule has 0 unspecified atom stereocenters. The molecule has 0 amide bonds. The number of carboxylic acid groups (broad SMARTS) is 1. The highest BCUT2D eigenvalue weighted by atomic mass is 16.4. The lowest BCUT2D eigenvalue weighted by Gasteiger charge is -2.06. The Bertz CT molecular complexity index is 729. The lowest BCUT2D eigenvalue weighted by molar-refractivity contribution is -0.131. The first-order valence-electron chi connectivity index (χ1n) is 6.33. The Hall–Kier alpha value is -2.88. The van der Waals surface area contributed by atoms with Gasteiger partial charge in [0.25, 0.3) is 0 Å². The van der Waals surface area contributed by atoms with Crippen molar-refractivity contribution in [2.24, 2.45) is 0 Å². The van der Waals surface area contributed by atoms with Gasteiger partial charge in [-0.1, -0.05) is 24.3 Å². The molecule has 4 nitrogen and oxygen atoms in total. The molecule has 0 atom stereocenters. The van der Waals surface area contributed by atoms with Crippen LogP contribution >= 0.6 is 0 Å². The summed E-state index contributed by atoms with van der Waals surface area (Å²) >= 11 is 0. The number of aromatic hydroxyl groups is 1. The van der Waals surface area contributed by atoms with Gasteiger partial charge >= 0.3 is 5.97 Å². The van der Waals surface area contributed by atoms with Crippen LogP contribution in [0.2, 0.25) is 0 Å². The summed E-state index contributed by atoms with van der Waals surface area (Å²) < 4.78 is 0. The van der Waals surface area contributed by atoms with Crippen LogP contribution in [0.3, 0.4) is 0 Å². The zero-order chi connectivity index (χ0) is 15.4. The van der Waals surface area contributed by atoms with Gasteiger partial charge in [0.2, 0.25) is 0 Å². The number of phenols is 1. The number of carboxylic acids is 1. The average Bonchev–Trinajstić information content (AvgIpc) is 2.46. The molecule has 0 aromatic heterocycles. The molecular formula is C17H14O4. The predicted molar refractivity (Wildman–Crippen MR) is 79.4 cm³/mol. The highest BCUT2D eigenvalue weighted by Gasteiger charge is 2.13. The maximum atomic E-state index is 12.4. The van der Waals surface area contributed by atoms with E-state index < -0.39 is 5.97 Å². The van der Waals surface area contributed by atoms with E-state index in [2.05, 4.69) is 0 Å². The van der Waals surface area contributed by atoms with E-state index in [4.69, 9.17) is 5.11 Å². The van der Waals surface area contributed by atoms with Crippen molar-refractivity contribution in [3.05, 3.63) is 70.8 Å². The predicted octanol–water partition coefficient (Wildman–Crippen LogP) is 3.03. The number of phenolic OH excluding ortho intramolecular Hbond substituents is 1. The fourth-order valence-electron chi connectivity index (χ4n) is 1.94. The van der Waals surface area contributed by atoms with Crippen molar-refractivity contribution < 1.29 is 19.8 Å². The van der Waals surface area contributed by atoms with Crippen molar-refractivity contribution >= 4 is 17.8 Å².